The first-order valence-electron chi connectivity index (χ1n) is 6.79. The van der Waals surface area contributed by atoms with E-state index in [0.717, 1.165) is 6.07 Å². The number of allylic oxidation sites excluding steroid dienone is 1. The van der Waals surface area contributed by atoms with Gasteiger partial charge >= 0.3 is 12.1 Å². The third-order valence-corrected chi connectivity index (χ3v) is 3.17. The number of carbonyl (C=O) groups excluding carboxylic acids is 1. The maximum Gasteiger partial charge on any atom is 0.416 e. The van der Waals surface area contributed by atoms with Gasteiger partial charge in [-0.1, -0.05) is 11.6 Å². The van der Waals surface area contributed by atoms with Crippen molar-refractivity contribution in [2.75, 3.05) is 13.2 Å². The molecular weight excluding hydrogens is 335 g/mol. The number of halogens is 4. The number of nitrogens with two attached hydrogens (primary N) is 1. The molecule has 0 radical (unpaired) electrons. The van der Waals surface area contributed by atoms with Crippen molar-refractivity contribution in [3.63, 3.8) is 0 Å². The number of rotatable bonds is 6. The Hall–Kier alpha value is -1.57. The van der Waals surface area contributed by atoms with Crippen molar-refractivity contribution in [2.24, 2.45) is 5.73 Å². The molecule has 0 spiro atoms. The fourth-order valence-corrected chi connectivity index (χ4v) is 2.23. The van der Waals surface area contributed by atoms with Gasteiger partial charge in [0.1, 0.15) is 0 Å². The Morgan fingerprint density at radius 1 is 1.43 bits per heavy atom. The van der Waals surface area contributed by atoms with Crippen molar-refractivity contribution in [1.82, 2.24) is 0 Å². The van der Waals surface area contributed by atoms with Crippen LogP contribution in [0.4, 0.5) is 13.2 Å². The minimum Gasteiger partial charge on any atom is -0.466 e. The van der Waals surface area contributed by atoms with Gasteiger partial charge in [0.25, 0.3) is 0 Å². The monoisotopic (exact) mass is 351 g/mol. The maximum absolute atomic E-state index is 13.0. The summed E-state index contributed by atoms with van der Waals surface area (Å²) in [6.07, 6.45) is -4.19. The smallest absolute Gasteiger partial charge is 0.416 e. The highest BCUT2D eigenvalue weighted by Gasteiger charge is 2.34. The zero-order chi connectivity index (χ0) is 17.6. The molecule has 0 heterocycles. The lowest BCUT2D eigenvalue weighted by Gasteiger charge is -2.16. The molecule has 4 nitrogen and oxygen atoms in total. The molecule has 1 rings (SSSR count). The number of ether oxygens (including phenoxy) is 1. The molecule has 128 valence electrons. The lowest BCUT2D eigenvalue weighted by molar-refractivity contribution is -0.143. The molecule has 0 saturated carbocycles. The zero-order valence-corrected chi connectivity index (χ0v) is 13.1. The Labute approximate surface area is 136 Å². The van der Waals surface area contributed by atoms with Gasteiger partial charge in [-0.2, -0.15) is 13.2 Å². The van der Waals surface area contributed by atoms with Crippen LogP contribution in [-0.2, 0) is 9.53 Å². The topological polar surface area (TPSA) is 72.5 Å². The minimum atomic E-state index is -4.66. The van der Waals surface area contributed by atoms with Gasteiger partial charge < -0.3 is 15.6 Å². The molecule has 0 saturated heterocycles. The lowest BCUT2D eigenvalue weighted by Crippen LogP contribution is -2.18. The largest absolute Gasteiger partial charge is 0.466 e. The molecule has 1 aromatic rings. The molecule has 0 aromatic heterocycles. The molecular formula is C15H17ClF3NO3. The standard InChI is InChI=1S/C15H17ClF3NO3/c1-2-23-14(22)8-13(20)10-5-9(6-11(16)7-10)12(3-4-21)15(17,18)19/h3,5-7,13,21H,2,4,8,20H2,1H3/b12-3-. The highest BCUT2D eigenvalue weighted by Crippen LogP contribution is 2.36. The van der Waals surface area contributed by atoms with Gasteiger partial charge in [0.15, 0.2) is 0 Å². The Balaban J connectivity index is 3.17. The summed E-state index contributed by atoms with van der Waals surface area (Å²) in [7, 11) is 0. The Morgan fingerprint density at radius 3 is 2.61 bits per heavy atom. The summed E-state index contributed by atoms with van der Waals surface area (Å²) < 4.78 is 43.9. The molecule has 0 fully saturated rings. The van der Waals surface area contributed by atoms with Crippen molar-refractivity contribution < 1.29 is 27.8 Å². The number of alkyl halides is 3. The summed E-state index contributed by atoms with van der Waals surface area (Å²) in [6, 6.07) is 2.86. The van der Waals surface area contributed by atoms with Crippen LogP contribution in [0.25, 0.3) is 5.57 Å². The molecule has 0 aliphatic carbocycles. The summed E-state index contributed by atoms with van der Waals surface area (Å²) in [5.41, 5.74) is 4.86. The van der Waals surface area contributed by atoms with E-state index in [2.05, 4.69) is 0 Å². The second kappa shape index (κ2) is 8.33. The average molecular weight is 352 g/mol. The predicted octanol–water partition coefficient (Wildman–Crippen LogP) is 3.23. The van der Waals surface area contributed by atoms with Crippen LogP contribution in [0.2, 0.25) is 5.02 Å². The number of esters is 1. The normalized spacial score (nSPS) is 13.8. The van der Waals surface area contributed by atoms with Crippen molar-refractivity contribution in [1.29, 1.82) is 0 Å². The van der Waals surface area contributed by atoms with E-state index in [1.807, 2.05) is 0 Å². The van der Waals surface area contributed by atoms with Crippen molar-refractivity contribution in [3.8, 4) is 0 Å². The third-order valence-electron chi connectivity index (χ3n) is 2.95. The zero-order valence-electron chi connectivity index (χ0n) is 12.4. The van der Waals surface area contributed by atoms with E-state index in [9.17, 15) is 18.0 Å². The Kier molecular flexibility index (Phi) is 7.05. The molecule has 1 unspecified atom stereocenters. The molecule has 0 amide bonds. The second-order valence-corrected chi connectivity index (χ2v) is 5.12. The summed E-state index contributed by atoms with van der Waals surface area (Å²) in [5.74, 6) is -0.552. The van der Waals surface area contributed by atoms with Crippen molar-refractivity contribution in [3.05, 3.63) is 40.4 Å². The number of hydrogen-bond acceptors (Lipinski definition) is 4. The van der Waals surface area contributed by atoms with E-state index in [1.165, 1.54) is 12.1 Å². The fourth-order valence-electron chi connectivity index (χ4n) is 1.99. The van der Waals surface area contributed by atoms with Gasteiger partial charge in [0, 0.05) is 11.1 Å². The van der Waals surface area contributed by atoms with Gasteiger partial charge in [-0.25, -0.2) is 0 Å². The third kappa shape index (κ3) is 5.85. The molecule has 1 aromatic carbocycles. The first-order valence-corrected chi connectivity index (χ1v) is 7.17. The quantitative estimate of drug-likeness (QED) is 0.772. The maximum atomic E-state index is 13.0. The van der Waals surface area contributed by atoms with Crippen molar-refractivity contribution in [2.45, 2.75) is 25.6 Å². The molecule has 3 N–H and O–H groups in total. The first kappa shape index (κ1) is 19.5. The summed E-state index contributed by atoms with van der Waals surface area (Å²) >= 11 is 5.86. The predicted molar refractivity (Wildman–Crippen MR) is 80.7 cm³/mol. The van der Waals surface area contributed by atoms with Gasteiger partial charge in [-0.15, -0.1) is 0 Å². The number of benzene rings is 1. The van der Waals surface area contributed by atoms with Crippen LogP contribution < -0.4 is 5.73 Å². The van der Waals surface area contributed by atoms with Gasteiger partial charge in [-0.05, 0) is 42.3 Å². The summed E-state index contributed by atoms with van der Waals surface area (Å²) in [4.78, 5) is 11.4. The molecule has 0 aliphatic rings. The van der Waals surface area contributed by atoms with E-state index in [1.54, 1.807) is 6.92 Å². The number of hydrogen-bond donors (Lipinski definition) is 2. The first-order chi connectivity index (χ1) is 10.7. The minimum absolute atomic E-state index is 0.0462. The molecule has 0 bridgehead atoms. The van der Waals surface area contributed by atoms with E-state index in [0.29, 0.717) is 6.08 Å². The van der Waals surface area contributed by atoms with Gasteiger partial charge in [0.05, 0.1) is 25.2 Å². The molecule has 0 aliphatic heterocycles. The van der Waals surface area contributed by atoms with Crippen LogP contribution in [0, 0.1) is 0 Å². The average Bonchev–Trinajstić information content (AvgIpc) is 2.42. The van der Waals surface area contributed by atoms with Gasteiger partial charge in [0.2, 0.25) is 0 Å². The van der Waals surface area contributed by atoms with Crippen LogP contribution in [0.15, 0.2) is 24.3 Å². The Morgan fingerprint density at radius 2 is 2.09 bits per heavy atom. The Bertz CT molecular complexity index is 588. The van der Waals surface area contributed by atoms with E-state index in [-0.39, 0.29) is 29.2 Å². The highest BCUT2D eigenvalue weighted by molar-refractivity contribution is 6.30. The number of aliphatic hydroxyl groups is 1. The fraction of sp³-hybridized carbons (Fsp3) is 0.400. The SMILES string of the molecule is CCOC(=O)CC(N)c1cc(Cl)cc(/C(=C/CO)C(F)(F)F)c1. The molecule has 23 heavy (non-hydrogen) atoms. The highest BCUT2D eigenvalue weighted by atomic mass is 35.5. The molecule has 8 heteroatoms. The van der Waals surface area contributed by atoms with E-state index < -0.39 is 30.4 Å². The molecule has 1 atom stereocenters. The number of carbonyl (C=O) groups is 1. The van der Waals surface area contributed by atoms with Crippen LogP contribution >= 0.6 is 11.6 Å². The number of aliphatic hydroxyl groups excluding tert-OH is 1. The van der Waals surface area contributed by atoms with E-state index >= 15 is 0 Å². The summed E-state index contributed by atoms with van der Waals surface area (Å²) in [6.45, 7) is 1.05. The van der Waals surface area contributed by atoms with E-state index in [4.69, 9.17) is 27.2 Å². The van der Waals surface area contributed by atoms with Crippen LogP contribution in [-0.4, -0.2) is 30.5 Å². The van der Waals surface area contributed by atoms with Crippen LogP contribution in [0.1, 0.15) is 30.5 Å². The van der Waals surface area contributed by atoms with Crippen molar-refractivity contribution >= 4 is 23.1 Å². The van der Waals surface area contributed by atoms with Gasteiger partial charge in [-0.3, -0.25) is 4.79 Å². The summed E-state index contributed by atoms with van der Waals surface area (Å²) in [5, 5.41) is 8.84. The van der Waals surface area contributed by atoms with Crippen LogP contribution in [0.5, 0.6) is 0 Å². The lowest BCUT2D eigenvalue weighted by atomic mass is 9.97. The second-order valence-electron chi connectivity index (χ2n) is 4.69. The van der Waals surface area contributed by atoms with Crippen LogP contribution in [0.3, 0.4) is 0 Å².